The van der Waals surface area contributed by atoms with Crippen molar-refractivity contribution in [3.05, 3.63) is 63.4 Å². The van der Waals surface area contributed by atoms with Crippen molar-refractivity contribution in [1.82, 2.24) is 0 Å². The first-order valence-electron chi connectivity index (χ1n) is 5.85. The molecule has 2 aromatic rings. The highest BCUT2D eigenvalue weighted by Crippen LogP contribution is 2.25. The van der Waals surface area contributed by atoms with E-state index in [0.29, 0.717) is 10.0 Å². The lowest BCUT2D eigenvalue weighted by atomic mass is 10.1. The Morgan fingerprint density at radius 1 is 1.33 bits per heavy atom. The van der Waals surface area contributed by atoms with Gasteiger partial charge in [-0.1, -0.05) is 15.9 Å². The van der Waals surface area contributed by atoms with Gasteiger partial charge >= 0.3 is 5.97 Å². The summed E-state index contributed by atoms with van der Waals surface area (Å²) in [4.78, 5) is 11.1. The van der Waals surface area contributed by atoms with E-state index in [-0.39, 0.29) is 23.5 Å². The number of nitrogens with zero attached hydrogens (tertiary/aromatic N) is 1. The Bertz CT molecular complexity index is 740. The summed E-state index contributed by atoms with van der Waals surface area (Å²) in [5, 5.41) is 17.9. The Balaban J connectivity index is 2.26. The van der Waals surface area contributed by atoms with Gasteiger partial charge in [0.2, 0.25) is 0 Å². The summed E-state index contributed by atoms with van der Waals surface area (Å²) in [6.45, 7) is -0.169. The summed E-state index contributed by atoms with van der Waals surface area (Å²) in [5.41, 5.74) is 0.475. The molecule has 0 aliphatic carbocycles. The normalized spacial score (nSPS) is 9.95. The number of carbonyl (C=O) groups is 1. The lowest BCUT2D eigenvalue weighted by molar-refractivity contribution is 0.0691. The molecule has 0 radical (unpaired) electrons. The first-order valence-corrected chi connectivity index (χ1v) is 6.64. The lowest BCUT2D eigenvalue weighted by Crippen LogP contribution is -2.04. The van der Waals surface area contributed by atoms with Crippen LogP contribution in [-0.4, -0.2) is 11.1 Å². The van der Waals surface area contributed by atoms with E-state index in [4.69, 9.17) is 15.1 Å². The molecule has 1 N–H and O–H groups in total. The molecule has 0 spiro atoms. The quantitative estimate of drug-likeness (QED) is 0.912. The van der Waals surface area contributed by atoms with Gasteiger partial charge in [0, 0.05) is 10.0 Å². The first kappa shape index (κ1) is 15.0. The van der Waals surface area contributed by atoms with Crippen molar-refractivity contribution in [2.75, 3.05) is 0 Å². The fourth-order valence-electron chi connectivity index (χ4n) is 1.70. The third-order valence-corrected chi connectivity index (χ3v) is 3.23. The minimum Gasteiger partial charge on any atom is -0.488 e. The molecule has 21 heavy (non-hydrogen) atoms. The summed E-state index contributed by atoms with van der Waals surface area (Å²) >= 11 is 3.22. The maximum Gasteiger partial charge on any atom is 0.339 e. The second-order valence-corrected chi connectivity index (χ2v) is 5.07. The third-order valence-electron chi connectivity index (χ3n) is 2.73. The minimum absolute atomic E-state index is 0.0185. The topological polar surface area (TPSA) is 70.3 Å². The molecule has 0 fully saturated rings. The van der Waals surface area contributed by atoms with E-state index < -0.39 is 11.8 Å². The lowest BCUT2D eigenvalue weighted by Gasteiger charge is -2.10. The van der Waals surface area contributed by atoms with Gasteiger partial charge in [0.15, 0.2) is 0 Å². The molecule has 0 aliphatic rings. The average molecular weight is 350 g/mol. The SMILES string of the molecule is N#Cc1ccc(F)c(COc2cc(Br)ccc2C(=O)O)c1. The van der Waals surface area contributed by atoms with Gasteiger partial charge in [-0.2, -0.15) is 5.26 Å². The zero-order chi connectivity index (χ0) is 15.4. The third kappa shape index (κ3) is 3.58. The van der Waals surface area contributed by atoms with Crippen LogP contribution in [0.4, 0.5) is 4.39 Å². The number of carboxylic acid groups (broad SMARTS) is 1. The second-order valence-electron chi connectivity index (χ2n) is 4.15. The highest BCUT2D eigenvalue weighted by atomic mass is 79.9. The fourth-order valence-corrected chi connectivity index (χ4v) is 2.04. The van der Waals surface area contributed by atoms with Gasteiger partial charge in [0.1, 0.15) is 23.7 Å². The van der Waals surface area contributed by atoms with Crippen LogP contribution in [0.15, 0.2) is 40.9 Å². The van der Waals surface area contributed by atoms with Crippen LogP contribution < -0.4 is 4.74 Å². The predicted octanol–water partition coefficient (Wildman–Crippen LogP) is 3.74. The zero-order valence-electron chi connectivity index (χ0n) is 10.6. The number of hydrogen-bond acceptors (Lipinski definition) is 3. The van der Waals surface area contributed by atoms with E-state index in [9.17, 15) is 9.18 Å². The van der Waals surface area contributed by atoms with Gasteiger partial charge in [0.05, 0.1) is 11.6 Å². The molecule has 4 nitrogen and oxygen atoms in total. The van der Waals surface area contributed by atoms with E-state index in [0.717, 1.165) is 0 Å². The van der Waals surface area contributed by atoms with Crippen molar-refractivity contribution in [2.45, 2.75) is 6.61 Å². The summed E-state index contributed by atoms with van der Waals surface area (Å²) in [7, 11) is 0. The summed E-state index contributed by atoms with van der Waals surface area (Å²) < 4.78 is 19.7. The van der Waals surface area contributed by atoms with Crippen LogP contribution in [0.5, 0.6) is 5.75 Å². The maximum absolute atomic E-state index is 13.6. The van der Waals surface area contributed by atoms with Crippen molar-refractivity contribution in [1.29, 1.82) is 5.26 Å². The Kier molecular flexibility index (Phi) is 4.55. The van der Waals surface area contributed by atoms with Crippen LogP contribution in [0.1, 0.15) is 21.5 Å². The Hall–Kier alpha value is -2.39. The number of ether oxygens (including phenoxy) is 1. The molecule has 2 aromatic carbocycles. The van der Waals surface area contributed by atoms with Gasteiger partial charge in [-0.25, -0.2) is 9.18 Å². The van der Waals surface area contributed by atoms with E-state index in [1.54, 1.807) is 6.07 Å². The zero-order valence-corrected chi connectivity index (χ0v) is 12.2. The molecule has 0 atom stereocenters. The molecule has 0 saturated carbocycles. The van der Waals surface area contributed by atoms with Gasteiger partial charge in [-0.15, -0.1) is 0 Å². The number of nitriles is 1. The molecule has 0 bridgehead atoms. The molecular formula is C15H9BrFNO3. The molecule has 0 saturated heterocycles. The molecular weight excluding hydrogens is 341 g/mol. The van der Waals surface area contributed by atoms with Crippen LogP contribution in [0, 0.1) is 17.1 Å². The Morgan fingerprint density at radius 2 is 2.10 bits per heavy atom. The fraction of sp³-hybridized carbons (Fsp3) is 0.0667. The molecule has 0 aromatic heterocycles. The molecule has 0 aliphatic heterocycles. The maximum atomic E-state index is 13.6. The summed E-state index contributed by atoms with van der Waals surface area (Å²) in [6, 6.07) is 10.3. The van der Waals surface area contributed by atoms with Gasteiger partial charge in [-0.05, 0) is 36.4 Å². The van der Waals surface area contributed by atoms with Crippen molar-refractivity contribution >= 4 is 21.9 Å². The predicted molar refractivity (Wildman–Crippen MR) is 76.5 cm³/mol. The van der Waals surface area contributed by atoms with Crippen molar-refractivity contribution in [3.8, 4) is 11.8 Å². The highest BCUT2D eigenvalue weighted by Gasteiger charge is 2.13. The smallest absolute Gasteiger partial charge is 0.339 e. The van der Waals surface area contributed by atoms with Crippen molar-refractivity contribution in [2.24, 2.45) is 0 Å². The highest BCUT2D eigenvalue weighted by molar-refractivity contribution is 9.10. The van der Waals surface area contributed by atoms with Gasteiger partial charge in [0.25, 0.3) is 0 Å². The number of halogens is 2. The van der Waals surface area contributed by atoms with Crippen LogP contribution in [0.2, 0.25) is 0 Å². The molecule has 2 rings (SSSR count). The van der Waals surface area contributed by atoms with Gasteiger partial charge < -0.3 is 9.84 Å². The van der Waals surface area contributed by atoms with Crippen LogP contribution in [0.25, 0.3) is 0 Å². The van der Waals surface area contributed by atoms with Crippen molar-refractivity contribution in [3.63, 3.8) is 0 Å². The van der Waals surface area contributed by atoms with Gasteiger partial charge in [-0.3, -0.25) is 0 Å². The number of aromatic carboxylic acids is 1. The first-order chi connectivity index (χ1) is 10.0. The van der Waals surface area contributed by atoms with Crippen LogP contribution in [-0.2, 0) is 6.61 Å². The minimum atomic E-state index is -1.14. The average Bonchev–Trinajstić information content (AvgIpc) is 2.46. The van der Waals surface area contributed by atoms with E-state index in [1.807, 2.05) is 6.07 Å². The largest absolute Gasteiger partial charge is 0.488 e. The number of benzene rings is 2. The van der Waals surface area contributed by atoms with Crippen LogP contribution in [0.3, 0.4) is 0 Å². The molecule has 0 unspecified atom stereocenters. The molecule has 0 heterocycles. The number of hydrogen-bond donors (Lipinski definition) is 1. The molecule has 6 heteroatoms. The van der Waals surface area contributed by atoms with E-state index in [2.05, 4.69) is 15.9 Å². The van der Waals surface area contributed by atoms with Crippen LogP contribution >= 0.6 is 15.9 Å². The standard InChI is InChI=1S/C15H9BrFNO3/c16-11-2-3-12(15(19)20)14(6-11)21-8-10-5-9(7-18)1-4-13(10)17/h1-6H,8H2,(H,19,20). The monoisotopic (exact) mass is 349 g/mol. The van der Waals surface area contributed by atoms with E-state index in [1.165, 1.54) is 30.3 Å². The Morgan fingerprint density at radius 3 is 2.76 bits per heavy atom. The molecule has 106 valence electrons. The second kappa shape index (κ2) is 6.37. The number of rotatable bonds is 4. The Labute approximate surface area is 128 Å². The molecule has 0 amide bonds. The summed E-state index contributed by atoms with van der Waals surface area (Å²) in [6.07, 6.45) is 0. The van der Waals surface area contributed by atoms with E-state index >= 15 is 0 Å². The number of carboxylic acids is 1. The van der Waals surface area contributed by atoms with Crippen molar-refractivity contribution < 1.29 is 19.0 Å². The summed E-state index contributed by atoms with van der Waals surface area (Å²) in [5.74, 6) is -1.52.